The highest BCUT2D eigenvalue weighted by atomic mass is 32.1. The Balaban J connectivity index is 1.94. The Morgan fingerprint density at radius 3 is 2.52 bits per heavy atom. The molecule has 0 fully saturated rings. The second-order valence-electron chi connectivity index (χ2n) is 4.95. The van der Waals surface area contributed by atoms with E-state index in [2.05, 4.69) is 58.8 Å². The monoisotopic (exact) mass is 295 g/mol. The minimum atomic E-state index is 0.0854. The van der Waals surface area contributed by atoms with Crippen molar-refractivity contribution in [1.82, 2.24) is 15.5 Å². The summed E-state index contributed by atoms with van der Waals surface area (Å²) in [5, 5.41) is 14.0. The van der Waals surface area contributed by atoms with E-state index in [-0.39, 0.29) is 6.04 Å². The number of nitrogens with zero attached hydrogens (tertiary/aromatic N) is 2. The highest BCUT2D eigenvalue weighted by Crippen LogP contribution is 2.30. The van der Waals surface area contributed by atoms with Gasteiger partial charge in [0.25, 0.3) is 0 Å². The van der Waals surface area contributed by atoms with E-state index in [0.29, 0.717) is 0 Å². The summed E-state index contributed by atoms with van der Waals surface area (Å²) in [6.45, 7) is 2.09. The molecule has 0 spiro atoms. The molecule has 106 valence electrons. The van der Waals surface area contributed by atoms with Gasteiger partial charge < -0.3 is 5.32 Å². The minimum Gasteiger partial charge on any atom is -0.307 e. The number of aryl methyl sites for hydroxylation is 1. The molecule has 2 aromatic carbocycles. The number of hydrogen-bond donors (Lipinski definition) is 1. The van der Waals surface area contributed by atoms with E-state index >= 15 is 0 Å². The summed E-state index contributed by atoms with van der Waals surface area (Å²) < 4.78 is 0. The molecule has 0 aliphatic heterocycles. The van der Waals surface area contributed by atoms with E-state index in [0.717, 1.165) is 15.6 Å². The Labute approximate surface area is 128 Å². The average Bonchev–Trinajstić information content (AvgIpc) is 2.99. The maximum atomic E-state index is 4.38. The van der Waals surface area contributed by atoms with Crippen molar-refractivity contribution < 1.29 is 0 Å². The molecule has 1 unspecified atom stereocenters. The van der Waals surface area contributed by atoms with Crippen LogP contribution in [0.5, 0.6) is 0 Å². The van der Waals surface area contributed by atoms with Crippen molar-refractivity contribution in [2.75, 3.05) is 7.05 Å². The Bertz CT molecular complexity index is 722. The van der Waals surface area contributed by atoms with Gasteiger partial charge in [-0.2, -0.15) is 0 Å². The van der Waals surface area contributed by atoms with Gasteiger partial charge in [-0.05, 0) is 25.6 Å². The first-order valence-corrected chi connectivity index (χ1v) is 7.72. The van der Waals surface area contributed by atoms with Crippen LogP contribution >= 0.6 is 11.3 Å². The molecule has 0 aliphatic rings. The van der Waals surface area contributed by atoms with Crippen LogP contribution in [0.3, 0.4) is 0 Å². The fourth-order valence-electron chi connectivity index (χ4n) is 2.32. The van der Waals surface area contributed by atoms with Crippen LogP contribution in [0, 0.1) is 6.92 Å². The van der Waals surface area contributed by atoms with Crippen molar-refractivity contribution in [1.29, 1.82) is 0 Å². The topological polar surface area (TPSA) is 37.8 Å². The van der Waals surface area contributed by atoms with Crippen LogP contribution in [0.4, 0.5) is 0 Å². The first-order valence-electron chi connectivity index (χ1n) is 6.90. The summed E-state index contributed by atoms with van der Waals surface area (Å²) in [4.78, 5) is 0. The first-order chi connectivity index (χ1) is 10.3. The van der Waals surface area contributed by atoms with Gasteiger partial charge in [0.15, 0.2) is 0 Å². The zero-order valence-electron chi connectivity index (χ0n) is 12.1. The van der Waals surface area contributed by atoms with Crippen LogP contribution < -0.4 is 5.32 Å². The molecule has 3 aromatic rings. The smallest absolute Gasteiger partial charge is 0.147 e. The maximum Gasteiger partial charge on any atom is 0.147 e. The molecule has 0 saturated carbocycles. The molecule has 0 saturated heterocycles. The van der Waals surface area contributed by atoms with Gasteiger partial charge in [-0.15, -0.1) is 10.2 Å². The van der Waals surface area contributed by atoms with Gasteiger partial charge in [-0.3, -0.25) is 0 Å². The minimum absolute atomic E-state index is 0.0854. The first kappa shape index (κ1) is 13.9. The van der Waals surface area contributed by atoms with Crippen LogP contribution in [0.15, 0.2) is 54.6 Å². The van der Waals surface area contributed by atoms with E-state index in [1.807, 2.05) is 25.2 Å². The number of hydrogen-bond acceptors (Lipinski definition) is 4. The third-order valence-electron chi connectivity index (χ3n) is 3.37. The van der Waals surface area contributed by atoms with E-state index in [9.17, 15) is 0 Å². The SMILES string of the molecule is CNC(c1ccccc1)c1nnc(-c2cccc(C)c2)s1. The molecular formula is C17H17N3S. The Hall–Kier alpha value is -2.04. The van der Waals surface area contributed by atoms with Gasteiger partial charge >= 0.3 is 0 Å². The van der Waals surface area contributed by atoms with Gasteiger partial charge in [-0.25, -0.2) is 0 Å². The van der Waals surface area contributed by atoms with Crippen molar-refractivity contribution >= 4 is 11.3 Å². The van der Waals surface area contributed by atoms with Crippen molar-refractivity contribution in [2.24, 2.45) is 0 Å². The third-order valence-corrected chi connectivity index (χ3v) is 4.41. The Morgan fingerprint density at radius 2 is 1.81 bits per heavy atom. The maximum absolute atomic E-state index is 4.38. The normalized spacial score (nSPS) is 12.3. The predicted octanol–water partition coefficient (Wildman–Crippen LogP) is 3.82. The molecule has 3 nitrogen and oxygen atoms in total. The molecule has 0 amide bonds. The van der Waals surface area contributed by atoms with Crippen LogP contribution in [0.25, 0.3) is 10.6 Å². The summed E-state index contributed by atoms with van der Waals surface area (Å²) in [6.07, 6.45) is 0. The van der Waals surface area contributed by atoms with Gasteiger partial charge in [-0.1, -0.05) is 65.4 Å². The molecule has 1 heterocycles. The van der Waals surface area contributed by atoms with Gasteiger partial charge in [0, 0.05) is 5.56 Å². The van der Waals surface area contributed by atoms with Gasteiger partial charge in [0.1, 0.15) is 10.0 Å². The lowest BCUT2D eigenvalue weighted by Gasteiger charge is -2.12. The Kier molecular flexibility index (Phi) is 4.08. The quantitative estimate of drug-likeness (QED) is 0.795. The lowest BCUT2D eigenvalue weighted by atomic mass is 10.1. The lowest BCUT2D eigenvalue weighted by molar-refractivity contribution is 0.678. The molecule has 1 aromatic heterocycles. The van der Waals surface area contributed by atoms with Crippen LogP contribution in [-0.4, -0.2) is 17.2 Å². The standard InChI is InChI=1S/C17H17N3S/c1-12-7-6-10-14(11-12)16-19-20-17(21-16)15(18-2)13-8-4-3-5-9-13/h3-11,15,18H,1-2H3. The highest BCUT2D eigenvalue weighted by Gasteiger charge is 2.17. The van der Waals surface area contributed by atoms with Crippen molar-refractivity contribution in [2.45, 2.75) is 13.0 Å². The molecule has 1 N–H and O–H groups in total. The lowest BCUT2D eigenvalue weighted by Crippen LogP contribution is -2.17. The van der Waals surface area contributed by atoms with Crippen molar-refractivity contribution in [3.8, 4) is 10.6 Å². The van der Waals surface area contributed by atoms with Crippen molar-refractivity contribution in [3.63, 3.8) is 0 Å². The number of rotatable bonds is 4. The molecule has 0 aliphatic carbocycles. The van der Waals surface area contributed by atoms with Crippen LogP contribution in [-0.2, 0) is 0 Å². The molecule has 0 radical (unpaired) electrons. The van der Waals surface area contributed by atoms with Crippen LogP contribution in [0.1, 0.15) is 22.2 Å². The number of nitrogens with one attached hydrogen (secondary N) is 1. The van der Waals surface area contributed by atoms with E-state index in [4.69, 9.17) is 0 Å². The summed E-state index contributed by atoms with van der Waals surface area (Å²) in [7, 11) is 1.95. The third kappa shape index (κ3) is 3.01. The fraction of sp³-hybridized carbons (Fsp3) is 0.176. The largest absolute Gasteiger partial charge is 0.307 e. The number of benzene rings is 2. The zero-order chi connectivity index (χ0) is 14.7. The molecule has 0 bridgehead atoms. The summed E-state index contributed by atoms with van der Waals surface area (Å²) in [6, 6.07) is 18.8. The number of aromatic nitrogens is 2. The zero-order valence-corrected chi connectivity index (χ0v) is 12.9. The summed E-state index contributed by atoms with van der Waals surface area (Å²) in [5.41, 5.74) is 3.56. The summed E-state index contributed by atoms with van der Waals surface area (Å²) >= 11 is 1.64. The fourth-order valence-corrected chi connectivity index (χ4v) is 3.30. The van der Waals surface area contributed by atoms with E-state index in [1.165, 1.54) is 11.1 Å². The highest BCUT2D eigenvalue weighted by molar-refractivity contribution is 7.14. The molecule has 3 rings (SSSR count). The van der Waals surface area contributed by atoms with Crippen LogP contribution in [0.2, 0.25) is 0 Å². The molecule has 4 heteroatoms. The van der Waals surface area contributed by atoms with Gasteiger partial charge in [0.2, 0.25) is 0 Å². The molecular weight excluding hydrogens is 278 g/mol. The average molecular weight is 295 g/mol. The molecule has 1 atom stereocenters. The van der Waals surface area contributed by atoms with Crippen molar-refractivity contribution in [3.05, 3.63) is 70.7 Å². The van der Waals surface area contributed by atoms with E-state index in [1.54, 1.807) is 11.3 Å². The second kappa shape index (κ2) is 6.16. The van der Waals surface area contributed by atoms with Gasteiger partial charge in [0.05, 0.1) is 6.04 Å². The summed E-state index contributed by atoms with van der Waals surface area (Å²) in [5.74, 6) is 0. The predicted molar refractivity (Wildman–Crippen MR) is 87.4 cm³/mol. The second-order valence-corrected chi connectivity index (χ2v) is 5.96. The Morgan fingerprint density at radius 1 is 1.00 bits per heavy atom. The van der Waals surface area contributed by atoms with E-state index < -0.39 is 0 Å². The molecule has 21 heavy (non-hydrogen) atoms.